The van der Waals surface area contributed by atoms with E-state index in [1.807, 2.05) is 67.6 Å². The Labute approximate surface area is 148 Å². The largest absolute Gasteiger partial charge is 0.448 e. The molecule has 0 saturated heterocycles. The first kappa shape index (κ1) is 18.1. The molecule has 0 bridgehead atoms. The van der Waals surface area contributed by atoms with Crippen LogP contribution in [0.2, 0.25) is 0 Å². The van der Waals surface area contributed by atoms with Crippen molar-refractivity contribution >= 4 is 24.8 Å². The van der Waals surface area contributed by atoms with E-state index >= 15 is 0 Å². The highest BCUT2D eigenvalue weighted by atomic mass is 32.1. The highest BCUT2D eigenvalue weighted by molar-refractivity contribution is 7.79. The Balaban J connectivity index is 2.24. The Morgan fingerprint density at radius 1 is 1.00 bits per heavy atom. The molecule has 24 heavy (non-hydrogen) atoms. The summed E-state index contributed by atoms with van der Waals surface area (Å²) in [7, 11) is 0. The smallest absolute Gasteiger partial charge is 0.426 e. The molecule has 0 fully saturated rings. The lowest BCUT2D eigenvalue weighted by Gasteiger charge is -2.22. The molecule has 0 saturated carbocycles. The van der Waals surface area contributed by atoms with Crippen molar-refractivity contribution in [3.8, 4) is 0 Å². The SMILES string of the molecule is CCCCOC(=O)N(S)C(=O)C(c1ccccc1)c1ccccc1. The summed E-state index contributed by atoms with van der Waals surface area (Å²) in [5.41, 5.74) is 1.60. The van der Waals surface area contributed by atoms with E-state index in [9.17, 15) is 9.59 Å². The van der Waals surface area contributed by atoms with Crippen LogP contribution in [0.15, 0.2) is 60.7 Å². The summed E-state index contributed by atoms with van der Waals surface area (Å²) in [6, 6.07) is 18.7. The second-order valence-electron chi connectivity index (χ2n) is 5.37. The van der Waals surface area contributed by atoms with Gasteiger partial charge in [-0.3, -0.25) is 4.79 Å². The predicted octanol–water partition coefficient (Wildman–Crippen LogP) is 4.43. The molecule has 0 unspecified atom stereocenters. The fourth-order valence-electron chi connectivity index (χ4n) is 2.35. The van der Waals surface area contributed by atoms with E-state index in [2.05, 4.69) is 12.8 Å². The number of nitrogens with zero attached hydrogens (tertiary/aromatic N) is 1. The molecule has 0 spiro atoms. The van der Waals surface area contributed by atoms with Crippen molar-refractivity contribution in [2.45, 2.75) is 25.7 Å². The maximum absolute atomic E-state index is 12.9. The van der Waals surface area contributed by atoms with Gasteiger partial charge in [-0.05, 0) is 17.5 Å². The van der Waals surface area contributed by atoms with Gasteiger partial charge < -0.3 is 4.74 Å². The average molecular weight is 343 g/mol. The number of hydrogen-bond donors (Lipinski definition) is 1. The molecule has 5 heteroatoms. The first-order valence-electron chi connectivity index (χ1n) is 7.94. The van der Waals surface area contributed by atoms with Gasteiger partial charge in [0.1, 0.15) is 0 Å². The summed E-state index contributed by atoms with van der Waals surface area (Å²) in [6.07, 6.45) is 0.918. The third kappa shape index (κ3) is 4.61. The molecule has 2 aromatic carbocycles. The van der Waals surface area contributed by atoms with E-state index in [0.29, 0.717) is 0 Å². The van der Waals surface area contributed by atoms with Crippen LogP contribution in [0.3, 0.4) is 0 Å². The summed E-state index contributed by atoms with van der Waals surface area (Å²) in [4.78, 5) is 24.9. The van der Waals surface area contributed by atoms with Crippen LogP contribution in [0.5, 0.6) is 0 Å². The molecule has 0 aliphatic rings. The van der Waals surface area contributed by atoms with E-state index < -0.39 is 17.9 Å². The molecular weight excluding hydrogens is 322 g/mol. The predicted molar refractivity (Wildman–Crippen MR) is 96.8 cm³/mol. The Morgan fingerprint density at radius 3 is 1.96 bits per heavy atom. The second kappa shape index (κ2) is 9.13. The van der Waals surface area contributed by atoms with Gasteiger partial charge in [0.2, 0.25) is 0 Å². The van der Waals surface area contributed by atoms with Gasteiger partial charge in [0, 0.05) is 0 Å². The number of amides is 2. The number of carbonyl (C=O) groups is 2. The van der Waals surface area contributed by atoms with E-state index in [4.69, 9.17) is 4.74 Å². The molecule has 2 aromatic rings. The maximum atomic E-state index is 12.9. The van der Waals surface area contributed by atoms with Gasteiger partial charge in [0.05, 0.1) is 12.5 Å². The second-order valence-corrected chi connectivity index (χ2v) is 5.77. The number of thiol groups is 1. The molecule has 0 aliphatic heterocycles. The summed E-state index contributed by atoms with van der Waals surface area (Å²) < 4.78 is 5.84. The van der Waals surface area contributed by atoms with Crippen molar-refractivity contribution in [2.75, 3.05) is 6.61 Å². The number of carbonyl (C=O) groups excluding carboxylic acids is 2. The maximum Gasteiger partial charge on any atom is 0.426 e. The van der Waals surface area contributed by atoms with Crippen molar-refractivity contribution in [2.24, 2.45) is 0 Å². The molecule has 0 aliphatic carbocycles. The van der Waals surface area contributed by atoms with Crippen LogP contribution >= 0.6 is 12.8 Å². The fraction of sp³-hybridized carbons (Fsp3) is 0.263. The highest BCUT2D eigenvalue weighted by Gasteiger charge is 2.30. The lowest BCUT2D eigenvalue weighted by molar-refractivity contribution is -0.125. The monoisotopic (exact) mass is 343 g/mol. The van der Waals surface area contributed by atoms with Crippen LogP contribution in [0.1, 0.15) is 36.8 Å². The van der Waals surface area contributed by atoms with Gasteiger partial charge in [-0.25, -0.2) is 4.79 Å². The number of rotatable bonds is 6. The number of imide groups is 1. The van der Waals surface area contributed by atoms with E-state index in [1.54, 1.807) is 0 Å². The molecule has 2 rings (SSSR count). The topological polar surface area (TPSA) is 46.6 Å². The Morgan fingerprint density at radius 2 is 1.50 bits per heavy atom. The lowest BCUT2D eigenvalue weighted by atomic mass is 9.90. The van der Waals surface area contributed by atoms with Crippen molar-refractivity contribution < 1.29 is 14.3 Å². The van der Waals surface area contributed by atoms with Crippen molar-refractivity contribution in [1.29, 1.82) is 0 Å². The third-order valence-electron chi connectivity index (χ3n) is 3.62. The van der Waals surface area contributed by atoms with Gasteiger partial charge >= 0.3 is 6.09 Å². The van der Waals surface area contributed by atoms with Crippen molar-refractivity contribution in [3.05, 3.63) is 71.8 Å². The van der Waals surface area contributed by atoms with Crippen LogP contribution < -0.4 is 0 Å². The number of benzene rings is 2. The Bertz CT molecular complexity index is 621. The zero-order valence-corrected chi connectivity index (χ0v) is 14.5. The summed E-state index contributed by atoms with van der Waals surface area (Å²) in [6.45, 7) is 2.28. The highest BCUT2D eigenvalue weighted by Crippen LogP contribution is 2.27. The van der Waals surface area contributed by atoms with Crippen LogP contribution in [0.4, 0.5) is 4.79 Å². The van der Waals surface area contributed by atoms with Gasteiger partial charge in [0.15, 0.2) is 0 Å². The zero-order valence-electron chi connectivity index (χ0n) is 13.6. The first-order valence-corrected chi connectivity index (χ1v) is 8.34. The lowest BCUT2D eigenvalue weighted by Crippen LogP contribution is -2.34. The molecule has 0 radical (unpaired) electrons. The minimum absolute atomic E-state index is 0.279. The van der Waals surface area contributed by atoms with Crippen LogP contribution in [0, 0.1) is 0 Å². The minimum atomic E-state index is -0.742. The van der Waals surface area contributed by atoms with Gasteiger partial charge in [-0.2, -0.15) is 4.31 Å². The molecule has 0 atom stereocenters. The summed E-state index contributed by atoms with van der Waals surface area (Å²) in [5.74, 6) is -1.04. The van der Waals surface area contributed by atoms with E-state index in [1.165, 1.54) is 0 Å². The summed E-state index contributed by atoms with van der Waals surface area (Å²) >= 11 is 4.07. The third-order valence-corrected chi connectivity index (χ3v) is 3.98. The number of unbranched alkanes of at least 4 members (excludes halogenated alkanes) is 1. The van der Waals surface area contributed by atoms with E-state index in [0.717, 1.165) is 28.3 Å². The van der Waals surface area contributed by atoms with Crippen LogP contribution in [0.25, 0.3) is 0 Å². The quantitative estimate of drug-likeness (QED) is 0.623. The Hall–Kier alpha value is -2.27. The van der Waals surface area contributed by atoms with Gasteiger partial charge in [-0.1, -0.05) is 86.8 Å². The Kier molecular flexibility index (Phi) is 6.88. The molecule has 4 nitrogen and oxygen atoms in total. The van der Waals surface area contributed by atoms with Crippen molar-refractivity contribution in [3.63, 3.8) is 0 Å². The average Bonchev–Trinajstić information content (AvgIpc) is 2.63. The molecule has 0 heterocycles. The normalized spacial score (nSPS) is 10.5. The van der Waals surface area contributed by atoms with E-state index in [-0.39, 0.29) is 6.61 Å². The van der Waals surface area contributed by atoms with Crippen LogP contribution in [-0.2, 0) is 9.53 Å². The van der Waals surface area contributed by atoms with Gasteiger partial charge in [0.25, 0.3) is 5.91 Å². The molecule has 2 amide bonds. The fourth-order valence-corrected chi connectivity index (χ4v) is 2.52. The minimum Gasteiger partial charge on any atom is -0.448 e. The van der Waals surface area contributed by atoms with Crippen LogP contribution in [-0.4, -0.2) is 22.9 Å². The molecule has 126 valence electrons. The zero-order chi connectivity index (χ0) is 17.4. The van der Waals surface area contributed by atoms with Gasteiger partial charge in [-0.15, -0.1) is 0 Å². The standard InChI is InChI=1S/C19H21NO3S/c1-2-3-14-23-19(22)20(24)18(21)17(15-10-6-4-7-11-15)16-12-8-5-9-13-16/h4-13,17,24H,2-3,14H2,1H3. The number of ether oxygens (including phenoxy) is 1. The molecular formula is C19H21NO3S. The summed E-state index contributed by atoms with van der Waals surface area (Å²) in [5, 5.41) is 0. The number of hydrogen-bond acceptors (Lipinski definition) is 4. The first-order chi connectivity index (χ1) is 11.6. The molecule has 0 aromatic heterocycles. The van der Waals surface area contributed by atoms with Crippen molar-refractivity contribution in [1.82, 2.24) is 4.31 Å². The molecule has 0 N–H and O–H groups in total.